The molecule has 2 N–H and O–H groups in total. The standard InChI is InChI=1S/C14H22N2O/c1-3-13-10-16(7-8-17-13)9-12-5-4-6-14(15)11(12)2/h4-6,13H,3,7-10,15H2,1-2H3. The van der Waals surface area contributed by atoms with Gasteiger partial charge in [0.2, 0.25) is 0 Å². The van der Waals surface area contributed by atoms with Gasteiger partial charge in [0, 0.05) is 25.3 Å². The molecule has 0 spiro atoms. The number of ether oxygens (including phenoxy) is 1. The first-order valence-corrected chi connectivity index (χ1v) is 6.38. The average Bonchev–Trinajstić information content (AvgIpc) is 2.35. The SMILES string of the molecule is CCC1CN(Cc2cccc(N)c2C)CCO1. The Labute approximate surface area is 104 Å². The van der Waals surface area contributed by atoms with Crippen LogP contribution in [0.15, 0.2) is 18.2 Å². The van der Waals surface area contributed by atoms with E-state index in [1.54, 1.807) is 0 Å². The Morgan fingerprint density at radius 3 is 3.06 bits per heavy atom. The minimum Gasteiger partial charge on any atom is -0.399 e. The summed E-state index contributed by atoms with van der Waals surface area (Å²) >= 11 is 0. The van der Waals surface area contributed by atoms with Crippen molar-refractivity contribution in [3.63, 3.8) is 0 Å². The van der Waals surface area contributed by atoms with Crippen molar-refractivity contribution >= 4 is 5.69 Å². The molecule has 1 atom stereocenters. The molecule has 17 heavy (non-hydrogen) atoms. The summed E-state index contributed by atoms with van der Waals surface area (Å²) < 4.78 is 5.68. The van der Waals surface area contributed by atoms with Gasteiger partial charge in [-0.15, -0.1) is 0 Å². The highest BCUT2D eigenvalue weighted by Crippen LogP contribution is 2.19. The predicted octanol–water partition coefficient (Wildman–Crippen LogP) is 2.19. The van der Waals surface area contributed by atoms with Crippen LogP contribution in [0.5, 0.6) is 0 Å². The van der Waals surface area contributed by atoms with Gasteiger partial charge in [0.1, 0.15) is 0 Å². The van der Waals surface area contributed by atoms with Crippen molar-refractivity contribution in [2.45, 2.75) is 32.9 Å². The lowest BCUT2D eigenvalue weighted by Gasteiger charge is -2.32. The van der Waals surface area contributed by atoms with E-state index in [1.165, 1.54) is 11.1 Å². The third-order valence-electron chi connectivity index (χ3n) is 3.56. The number of anilines is 1. The fraction of sp³-hybridized carbons (Fsp3) is 0.571. The largest absolute Gasteiger partial charge is 0.399 e. The first kappa shape index (κ1) is 12.4. The van der Waals surface area contributed by atoms with Gasteiger partial charge < -0.3 is 10.5 Å². The Morgan fingerprint density at radius 2 is 2.29 bits per heavy atom. The van der Waals surface area contributed by atoms with Crippen LogP contribution in [0.25, 0.3) is 0 Å². The van der Waals surface area contributed by atoms with Crippen LogP contribution in [0.3, 0.4) is 0 Å². The molecule has 3 nitrogen and oxygen atoms in total. The zero-order valence-corrected chi connectivity index (χ0v) is 10.8. The Balaban J connectivity index is 2.02. The molecule has 1 aromatic carbocycles. The van der Waals surface area contributed by atoms with Crippen molar-refractivity contribution < 1.29 is 4.74 Å². The summed E-state index contributed by atoms with van der Waals surface area (Å²) in [6, 6.07) is 6.17. The molecule has 1 saturated heterocycles. The lowest BCUT2D eigenvalue weighted by atomic mass is 10.1. The highest BCUT2D eigenvalue weighted by Gasteiger charge is 2.19. The maximum absolute atomic E-state index is 5.94. The first-order valence-electron chi connectivity index (χ1n) is 6.38. The van der Waals surface area contributed by atoms with E-state index in [-0.39, 0.29) is 0 Å². The second kappa shape index (κ2) is 5.52. The number of benzene rings is 1. The number of rotatable bonds is 3. The zero-order valence-electron chi connectivity index (χ0n) is 10.8. The molecule has 1 heterocycles. The molecule has 0 aromatic heterocycles. The molecule has 1 aliphatic heterocycles. The molecule has 1 aliphatic rings. The zero-order chi connectivity index (χ0) is 12.3. The first-order chi connectivity index (χ1) is 8.20. The number of morpholine rings is 1. The number of nitrogen functional groups attached to an aromatic ring is 1. The van der Waals surface area contributed by atoms with Crippen molar-refractivity contribution in [1.29, 1.82) is 0 Å². The lowest BCUT2D eigenvalue weighted by Crippen LogP contribution is -2.41. The molecule has 0 bridgehead atoms. The van der Waals surface area contributed by atoms with Crippen molar-refractivity contribution in [1.82, 2.24) is 4.90 Å². The topological polar surface area (TPSA) is 38.5 Å². The molecule has 3 heteroatoms. The van der Waals surface area contributed by atoms with Gasteiger partial charge in [0.15, 0.2) is 0 Å². The fourth-order valence-corrected chi connectivity index (χ4v) is 2.29. The maximum Gasteiger partial charge on any atom is 0.0700 e. The molecule has 0 radical (unpaired) electrons. The van der Waals surface area contributed by atoms with Crippen LogP contribution < -0.4 is 5.73 Å². The molecule has 1 unspecified atom stereocenters. The van der Waals surface area contributed by atoms with E-state index in [4.69, 9.17) is 10.5 Å². The van der Waals surface area contributed by atoms with Gasteiger partial charge in [-0.1, -0.05) is 19.1 Å². The third-order valence-corrected chi connectivity index (χ3v) is 3.56. The highest BCUT2D eigenvalue weighted by molar-refractivity contribution is 5.49. The van der Waals surface area contributed by atoms with Crippen LogP contribution >= 0.6 is 0 Å². The lowest BCUT2D eigenvalue weighted by molar-refractivity contribution is -0.0325. The summed E-state index contributed by atoms with van der Waals surface area (Å²) in [6.07, 6.45) is 1.48. The van der Waals surface area contributed by atoms with E-state index in [2.05, 4.69) is 24.8 Å². The summed E-state index contributed by atoms with van der Waals surface area (Å²) in [7, 11) is 0. The van der Waals surface area contributed by atoms with Gasteiger partial charge >= 0.3 is 0 Å². The smallest absolute Gasteiger partial charge is 0.0700 e. The summed E-state index contributed by atoms with van der Waals surface area (Å²) in [4.78, 5) is 2.46. The van der Waals surface area contributed by atoms with E-state index in [9.17, 15) is 0 Å². The Morgan fingerprint density at radius 1 is 1.47 bits per heavy atom. The van der Waals surface area contributed by atoms with Crippen molar-refractivity contribution in [3.05, 3.63) is 29.3 Å². The molecular weight excluding hydrogens is 212 g/mol. The monoisotopic (exact) mass is 234 g/mol. The molecule has 1 fully saturated rings. The summed E-state index contributed by atoms with van der Waals surface area (Å²) in [6.45, 7) is 8.16. The molecule has 0 saturated carbocycles. The molecular formula is C14H22N2O. The van der Waals surface area contributed by atoms with Gasteiger partial charge in [-0.05, 0) is 30.5 Å². The van der Waals surface area contributed by atoms with E-state index >= 15 is 0 Å². The number of hydrogen-bond donors (Lipinski definition) is 1. The van der Waals surface area contributed by atoms with E-state index in [1.807, 2.05) is 12.1 Å². The average molecular weight is 234 g/mol. The Kier molecular flexibility index (Phi) is 4.02. The molecule has 2 rings (SSSR count). The van der Waals surface area contributed by atoms with E-state index in [0.717, 1.165) is 38.3 Å². The van der Waals surface area contributed by atoms with Gasteiger partial charge in [-0.3, -0.25) is 4.90 Å². The van der Waals surface area contributed by atoms with Crippen LogP contribution in [0, 0.1) is 6.92 Å². The van der Waals surface area contributed by atoms with Crippen LogP contribution in [-0.2, 0) is 11.3 Å². The number of hydrogen-bond acceptors (Lipinski definition) is 3. The molecule has 0 aliphatic carbocycles. The normalized spacial score (nSPS) is 21.6. The van der Waals surface area contributed by atoms with Crippen LogP contribution in [0.2, 0.25) is 0 Å². The van der Waals surface area contributed by atoms with Crippen LogP contribution in [-0.4, -0.2) is 30.7 Å². The van der Waals surface area contributed by atoms with Gasteiger partial charge in [-0.2, -0.15) is 0 Å². The van der Waals surface area contributed by atoms with Crippen LogP contribution in [0.4, 0.5) is 5.69 Å². The number of nitrogens with zero attached hydrogens (tertiary/aromatic N) is 1. The third kappa shape index (κ3) is 2.99. The molecule has 94 valence electrons. The predicted molar refractivity (Wildman–Crippen MR) is 70.9 cm³/mol. The second-order valence-corrected chi connectivity index (χ2v) is 4.77. The van der Waals surface area contributed by atoms with E-state index < -0.39 is 0 Å². The summed E-state index contributed by atoms with van der Waals surface area (Å²) in [5.41, 5.74) is 9.38. The molecule has 1 aromatic rings. The van der Waals surface area contributed by atoms with Gasteiger partial charge in [0.25, 0.3) is 0 Å². The Bertz CT molecular complexity index is 378. The van der Waals surface area contributed by atoms with Crippen LogP contribution in [0.1, 0.15) is 24.5 Å². The van der Waals surface area contributed by atoms with Gasteiger partial charge in [-0.25, -0.2) is 0 Å². The highest BCUT2D eigenvalue weighted by atomic mass is 16.5. The van der Waals surface area contributed by atoms with Crippen molar-refractivity contribution in [2.75, 3.05) is 25.4 Å². The fourth-order valence-electron chi connectivity index (χ4n) is 2.29. The van der Waals surface area contributed by atoms with Crippen molar-refractivity contribution in [3.8, 4) is 0 Å². The quantitative estimate of drug-likeness (QED) is 0.815. The van der Waals surface area contributed by atoms with Gasteiger partial charge in [0.05, 0.1) is 12.7 Å². The minimum absolute atomic E-state index is 0.394. The van der Waals surface area contributed by atoms with Crippen molar-refractivity contribution in [2.24, 2.45) is 0 Å². The summed E-state index contributed by atoms with van der Waals surface area (Å²) in [5.74, 6) is 0. The number of nitrogens with two attached hydrogens (primary N) is 1. The minimum atomic E-state index is 0.394. The molecule has 0 amide bonds. The Hall–Kier alpha value is -1.06. The van der Waals surface area contributed by atoms with E-state index in [0.29, 0.717) is 6.10 Å². The second-order valence-electron chi connectivity index (χ2n) is 4.77. The maximum atomic E-state index is 5.94. The summed E-state index contributed by atoms with van der Waals surface area (Å²) in [5, 5.41) is 0.